The van der Waals surface area contributed by atoms with Crippen molar-refractivity contribution in [1.29, 1.82) is 0 Å². The number of nitrogens with one attached hydrogen (secondary N) is 1. The average Bonchev–Trinajstić information content (AvgIpc) is 2.20. The van der Waals surface area contributed by atoms with Crippen molar-refractivity contribution in [2.24, 2.45) is 0 Å². The number of ketones is 1. The zero-order valence-electron chi connectivity index (χ0n) is 8.52. The van der Waals surface area contributed by atoms with Crippen LogP contribution in [0, 0.1) is 5.82 Å². The molecule has 0 saturated carbocycles. The number of rotatable bonds is 5. The van der Waals surface area contributed by atoms with E-state index in [-0.39, 0.29) is 17.2 Å². The maximum atomic E-state index is 12.8. The van der Waals surface area contributed by atoms with Crippen molar-refractivity contribution in [3.05, 3.63) is 34.6 Å². The van der Waals surface area contributed by atoms with Gasteiger partial charge >= 0.3 is 0 Å². The molecular formula is C11H13ClFNO. The largest absolute Gasteiger partial charge is 0.310 e. The molecule has 0 amide bonds. The van der Waals surface area contributed by atoms with Gasteiger partial charge in [-0.25, -0.2) is 4.39 Å². The Morgan fingerprint density at radius 3 is 2.87 bits per heavy atom. The zero-order chi connectivity index (χ0) is 11.3. The van der Waals surface area contributed by atoms with Crippen LogP contribution >= 0.6 is 11.6 Å². The van der Waals surface area contributed by atoms with Gasteiger partial charge in [0.25, 0.3) is 0 Å². The Bertz CT molecular complexity index is 354. The first-order valence-electron chi connectivity index (χ1n) is 4.79. The van der Waals surface area contributed by atoms with Gasteiger partial charge < -0.3 is 5.32 Å². The molecule has 1 rings (SSSR count). The van der Waals surface area contributed by atoms with Crippen LogP contribution in [0.1, 0.15) is 12.5 Å². The van der Waals surface area contributed by atoms with Crippen molar-refractivity contribution < 1.29 is 9.18 Å². The molecule has 4 heteroatoms. The Labute approximate surface area is 93.4 Å². The van der Waals surface area contributed by atoms with Crippen LogP contribution in [0.2, 0.25) is 5.02 Å². The summed E-state index contributed by atoms with van der Waals surface area (Å²) in [4.78, 5) is 11.4. The van der Waals surface area contributed by atoms with E-state index in [2.05, 4.69) is 5.32 Å². The molecule has 0 aliphatic rings. The summed E-state index contributed by atoms with van der Waals surface area (Å²) >= 11 is 5.60. The van der Waals surface area contributed by atoms with Crippen molar-refractivity contribution in [3.63, 3.8) is 0 Å². The summed E-state index contributed by atoms with van der Waals surface area (Å²) in [5, 5.41) is 3.00. The molecule has 0 heterocycles. The summed E-state index contributed by atoms with van der Waals surface area (Å²) in [7, 11) is 0. The highest BCUT2D eigenvalue weighted by molar-refractivity contribution is 6.30. The molecule has 2 nitrogen and oxygen atoms in total. The van der Waals surface area contributed by atoms with Crippen LogP contribution in [0.5, 0.6) is 0 Å². The lowest BCUT2D eigenvalue weighted by Gasteiger charge is -2.03. The van der Waals surface area contributed by atoms with Gasteiger partial charge in [-0.1, -0.05) is 24.6 Å². The van der Waals surface area contributed by atoms with Gasteiger partial charge in [0.15, 0.2) is 5.78 Å². The van der Waals surface area contributed by atoms with E-state index in [4.69, 9.17) is 11.6 Å². The number of benzene rings is 1. The summed E-state index contributed by atoms with van der Waals surface area (Å²) in [6.07, 6.45) is 0.285. The van der Waals surface area contributed by atoms with Crippen molar-refractivity contribution in [2.45, 2.75) is 13.3 Å². The highest BCUT2D eigenvalue weighted by Crippen LogP contribution is 2.16. The Morgan fingerprint density at radius 1 is 1.53 bits per heavy atom. The molecule has 0 saturated heterocycles. The first-order chi connectivity index (χ1) is 7.13. The maximum Gasteiger partial charge on any atom is 0.150 e. The fourth-order valence-electron chi connectivity index (χ4n) is 1.20. The average molecular weight is 230 g/mol. The topological polar surface area (TPSA) is 29.1 Å². The number of carbonyl (C=O) groups is 1. The molecule has 0 bridgehead atoms. The zero-order valence-corrected chi connectivity index (χ0v) is 9.27. The first kappa shape index (κ1) is 12.1. The minimum Gasteiger partial charge on any atom is -0.310 e. The summed E-state index contributed by atoms with van der Waals surface area (Å²) in [6, 6.07) is 4.34. The highest BCUT2D eigenvalue weighted by Gasteiger charge is 2.05. The Kier molecular flexibility index (Phi) is 4.72. The van der Waals surface area contributed by atoms with Crippen LogP contribution in [-0.4, -0.2) is 18.9 Å². The van der Waals surface area contributed by atoms with Gasteiger partial charge in [-0.3, -0.25) is 4.79 Å². The third kappa shape index (κ3) is 3.98. The highest BCUT2D eigenvalue weighted by atomic mass is 35.5. The molecule has 0 fully saturated rings. The lowest BCUT2D eigenvalue weighted by molar-refractivity contribution is -0.117. The van der Waals surface area contributed by atoms with Gasteiger partial charge in [-0.05, 0) is 24.2 Å². The van der Waals surface area contributed by atoms with Crippen molar-refractivity contribution >= 4 is 17.4 Å². The van der Waals surface area contributed by atoms with Crippen LogP contribution in [0.25, 0.3) is 0 Å². The molecular weight excluding hydrogens is 217 g/mol. The first-order valence-corrected chi connectivity index (χ1v) is 5.17. The Hall–Kier alpha value is -0.930. The standard InChI is InChI=1S/C11H13ClFNO/c1-2-14-7-9(15)5-8-3-4-11(13)10(12)6-8/h3-4,6,14H,2,5,7H2,1H3. The third-order valence-electron chi connectivity index (χ3n) is 1.96. The van der Waals surface area contributed by atoms with E-state index in [0.29, 0.717) is 6.54 Å². The second-order valence-corrected chi connectivity index (χ2v) is 3.65. The van der Waals surface area contributed by atoms with Crippen LogP contribution in [-0.2, 0) is 11.2 Å². The lowest BCUT2D eigenvalue weighted by Crippen LogP contribution is -2.23. The SMILES string of the molecule is CCNCC(=O)Cc1ccc(F)c(Cl)c1. The molecule has 0 aromatic heterocycles. The van der Waals surface area contributed by atoms with E-state index in [1.165, 1.54) is 12.1 Å². The lowest BCUT2D eigenvalue weighted by atomic mass is 10.1. The van der Waals surface area contributed by atoms with Crippen LogP contribution < -0.4 is 5.32 Å². The van der Waals surface area contributed by atoms with E-state index < -0.39 is 5.82 Å². The molecule has 1 aromatic carbocycles. The number of Topliss-reactive ketones (excluding diaryl/α,β-unsaturated/α-hetero) is 1. The fraction of sp³-hybridized carbons (Fsp3) is 0.364. The summed E-state index contributed by atoms with van der Waals surface area (Å²) in [5.41, 5.74) is 0.740. The number of carbonyl (C=O) groups excluding carboxylic acids is 1. The van der Waals surface area contributed by atoms with Crippen LogP contribution in [0.15, 0.2) is 18.2 Å². The molecule has 0 aliphatic carbocycles. The van der Waals surface area contributed by atoms with Gasteiger partial charge in [-0.15, -0.1) is 0 Å². The second kappa shape index (κ2) is 5.83. The van der Waals surface area contributed by atoms with Crippen LogP contribution in [0.3, 0.4) is 0 Å². The van der Waals surface area contributed by atoms with E-state index in [1.807, 2.05) is 6.92 Å². The Balaban J connectivity index is 2.57. The molecule has 1 aromatic rings. The molecule has 1 N–H and O–H groups in total. The van der Waals surface area contributed by atoms with Gasteiger partial charge in [0.2, 0.25) is 0 Å². The molecule has 0 unspecified atom stereocenters. The third-order valence-corrected chi connectivity index (χ3v) is 2.25. The van der Waals surface area contributed by atoms with Crippen molar-refractivity contribution in [3.8, 4) is 0 Å². The molecule has 0 aliphatic heterocycles. The van der Waals surface area contributed by atoms with Gasteiger partial charge in [-0.2, -0.15) is 0 Å². The monoisotopic (exact) mass is 229 g/mol. The molecule has 0 radical (unpaired) electrons. The number of likely N-dealkylation sites (N-methyl/N-ethyl adjacent to an activating group) is 1. The van der Waals surface area contributed by atoms with Gasteiger partial charge in [0, 0.05) is 6.42 Å². The summed E-state index contributed by atoms with van der Waals surface area (Å²) in [5.74, 6) is -0.390. The van der Waals surface area contributed by atoms with Crippen molar-refractivity contribution in [2.75, 3.05) is 13.1 Å². The normalized spacial score (nSPS) is 10.3. The van der Waals surface area contributed by atoms with Crippen LogP contribution in [0.4, 0.5) is 4.39 Å². The van der Waals surface area contributed by atoms with Gasteiger partial charge in [0.1, 0.15) is 5.82 Å². The number of halogens is 2. The van der Waals surface area contributed by atoms with Crippen molar-refractivity contribution in [1.82, 2.24) is 5.32 Å². The minimum absolute atomic E-state index is 0.0590. The fourth-order valence-corrected chi connectivity index (χ4v) is 1.41. The maximum absolute atomic E-state index is 12.8. The second-order valence-electron chi connectivity index (χ2n) is 3.24. The minimum atomic E-state index is -0.459. The van der Waals surface area contributed by atoms with E-state index >= 15 is 0 Å². The van der Waals surface area contributed by atoms with Gasteiger partial charge in [0.05, 0.1) is 11.6 Å². The number of hydrogen-bond acceptors (Lipinski definition) is 2. The van der Waals surface area contributed by atoms with E-state index in [1.54, 1.807) is 6.07 Å². The van der Waals surface area contributed by atoms with E-state index in [9.17, 15) is 9.18 Å². The smallest absolute Gasteiger partial charge is 0.150 e. The molecule has 15 heavy (non-hydrogen) atoms. The summed E-state index contributed by atoms with van der Waals surface area (Å²) in [6.45, 7) is 3.03. The predicted molar refractivity (Wildman–Crippen MR) is 58.7 cm³/mol. The quantitative estimate of drug-likeness (QED) is 0.839. The number of hydrogen-bond donors (Lipinski definition) is 1. The molecule has 0 spiro atoms. The molecule has 0 atom stereocenters. The summed E-state index contributed by atoms with van der Waals surface area (Å²) < 4.78 is 12.8. The predicted octanol–water partition coefficient (Wildman–Crippen LogP) is 2.20. The Morgan fingerprint density at radius 2 is 2.27 bits per heavy atom. The van der Waals surface area contributed by atoms with E-state index in [0.717, 1.165) is 12.1 Å². The molecule has 82 valence electrons.